The van der Waals surface area contributed by atoms with Gasteiger partial charge >= 0.3 is 0 Å². The third-order valence-electron chi connectivity index (χ3n) is 3.04. The van der Waals surface area contributed by atoms with E-state index < -0.39 is 21.6 Å². The zero-order valence-electron chi connectivity index (χ0n) is 12.2. The van der Waals surface area contributed by atoms with E-state index in [1.165, 1.54) is 0 Å². The smallest absolute Gasteiger partial charge is 0.296 e. The minimum Gasteiger partial charge on any atom is -0.374 e. The zero-order valence-corrected chi connectivity index (χ0v) is 13.0. The van der Waals surface area contributed by atoms with Gasteiger partial charge in [0, 0.05) is 6.26 Å². The van der Waals surface area contributed by atoms with Gasteiger partial charge in [-0.2, -0.15) is 9.78 Å². The van der Waals surface area contributed by atoms with Gasteiger partial charge in [0.1, 0.15) is 16.8 Å². The zero-order chi connectivity index (χ0) is 16.3. The van der Waals surface area contributed by atoms with Gasteiger partial charge in [-0.05, 0) is 18.6 Å². The Labute approximate surface area is 128 Å². The van der Waals surface area contributed by atoms with Crippen molar-refractivity contribution in [3.63, 3.8) is 0 Å². The molecule has 0 fully saturated rings. The molecule has 118 valence electrons. The number of nitrogens with zero attached hydrogens (tertiary/aromatic N) is 2. The number of sulfone groups is 1. The van der Waals surface area contributed by atoms with Crippen molar-refractivity contribution in [2.24, 2.45) is 0 Å². The first kappa shape index (κ1) is 16.2. The number of benzene rings is 1. The van der Waals surface area contributed by atoms with Crippen LogP contribution in [-0.2, 0) is 9.84 Å². The Morgan fingerprint density at radius 2 is 1.95 bits per heavy atom. The number of anilines is 1. The summed E-state index contributed by atoms with van der Waals surface area (Å²) in [6, 6.07) is 8.62. The SMILES string of the molecule is CCC(O)Nc1c(S(C)(=O)=O)cnn(-c2ccccc2)c1=O. The Balaban J connectivity index is 2.67. The summed E-state index contributed by atoms with van der Waals surface area (Å²) in [6.45, 7) is 1.70. The van der Waals surface area contributed by atoms with E-state index in [0.717, 1.165) is 17.1 Å². The quantitative estimate of drug-likeness (QED) is 0.788. The number of hydrogen-bond donors (Lipinski definition) is 2. The van der Waals surface area contributed by atoms with Gasteiger partial charge in [0.25, 0.3) is 5.56 Å². The first-order chi connectivity index (χ1) is 10.3. The van der Waals surface area contributed by atoms with E-state index in [9.17, 15) is 18.3 Å². The molecule has 7 nitrogen and oxygen atoms in total. The van der Waals surface area contributed by atoms with Gasteiger partial charge in [-0.1, -0.05) is 25.1 Å². The monoisotopic (exact) mass is 323 g/mol. The maximum absolute atomic E-state index is 12.6. The van der Waals surface area contributed by atoms with E-state index in [1.54, 1.807) is 37.3 Å². The van der Waals surface area contributed by atoms with E-state index in [2.05, 4.69) is 10.4 Å². The highest BCUT2D eigenvalue weighted by molar-refractivity contribution is 7.90. The average Bonchev–Trinajstić information content (AvgIpc) is 2.48. The molecule has 0 saturated carbocycles. The fraction of sp³-hybridized carbons (Fsp3) is 0.286. The summed E-state index contributed by atoms with van der Waals surface area (Å²) in [6.07, 6.45) is 1.38. The lowest BCUT2D eigenvalue weighted by molar-refractivity contribution is 0.199. The summed E-state index contributed by atoms with van der Waals surface area (Å²) in [5.74, 6) is 0. The Hall–Kier alpha value is -2.19. The van der Waals surface area contributed by atoms with E-state index in [4.69, 9.17) is 0 Å². The molecular formula is C14H17N3O4S. The first-order valence-electron chi connectivity index (χ1n) is 6.67. The Bertz CT molecular complexity index is 816. The minimum atomic E-state index is -3.66. The van der Waals surface area contributed by atoms with Crippen molar-refractivity contribution in [1.29, 1.82) is 0 Å². The molecule has 0 saturated heterocycles. The molecule has 0 aliphatic carbocycles. The number of aliphatic hydroxyl groups excluding tert-OH is 1. The van der Waals surface area contributed by atoms with Crippen LogP contribution >= 0.6 is 0 Å². The Morgan fingerprint density at radius 3 is 2.50 bits per heavy atom. The normalized spacial score (nSPS) is 12.9. The molecule has 1 aromatic carbocycles. The van der Waals surface area contributed by atoms with Gasteiger partial charge in [-0.3, -0.25) is 4.79 Å². The van der Waals surface area contributed by atoms with E-state index in [-0.39, 0.29) is 10.6 Å². The second-order valence-corrected chi connectivity index (χ2v) is 6.76. The minimum absolute atomic E-state index is 0.185. The molecule has 8 heteroatoms. The predicted molar refractivity (Wildman–Crippen MR) is 82.9 cm³/mol. The highest BCUT2D eigenvalue weighted by Crippen LogP contribution is 2.17. The molecular weight excluding hydrogens is 306 g/mol. The molecule has 2 N–H and O–H groups in total. The lowest BCUT2D eigenvalue weighted by Gasteiger charge is -2.15. The van der Waals surface area contributed by atoms with E-state index in [1.807, 2.05) is 0 Å². The summed E-state index contributed by atoms with van der Waals surface area (Å²) in [4.78, 5) is 12.3. The molecule has 0 amide bonds. The van der Waals surface area contributed by atoms with Gasteiger partial charge in [0.05, 0.1) is 11.9 Å². The van der Waals surface area contributed by atoms with E-state index >= 15 is 0 Å². The summed E-state index contributed by atoms with van der Waals surface area (Å²) in [5.41, 5.74) is -0.320. The number of aromatic nitrogens is 2. The van der Waals surface area contributed by atoms with Crippen LogP contribution in [0.5, 0.6) is 0 Å². The van der Waals surface area contributed by atoms with Crippen LogP contribution in [0.15, 0.2) is 46.2 Å². The van der Waals surface area contributed by atoms with Crippen molar-refractivity contribution in [2.45, 2.75) is 24.5 Å². The van der Waals surface area contributed by atoms with Crippen LogP contribution in [0.25, 0.3) is 5.69 Å². The summed E-state index contributed by atoms with van der Waals surface area (Å²) in [5, 5.41) is 16.2. The van der Waals surface area contributed by atoms with Crippen molar-refractivity contribution >= 4 is 15.5 Å². The average molecular weight is 323 g/mol. The molecule has 0 spiro atoms. The third-order valence-corrected chi connectivity index (χ3v) is 4.15. The molecule has 1 unspecified atom stereocenters. The molecule has 0 radical (unpaired) electrons. The van der Waals surface area contributed by atoms with Gasteiger partial charge in [0.15, 0.2) is 9.84 Å². The molecule has 0 aliphatic heterocycles. The predicted octanol–water partition coefficient (Wildman–Crippen LogP) is 0.776. The second kappa shape index (κ2) is 6.29. The largest absolute Gasteiger partial charge is 0.374 e. The van der Waals surface area contributed by atoms with Crippen LogP contribution in [0.3, 0.4) is 0 Å². The number of nitrogens with one attached hydrogen (secondary N) is 1. The summed E-state index contributed by atoms with van der Waals surface area (Å²) >= 11 is 0. The number of rotatable bonds is 5. The van der Waals surface area contributed by atoms with Crippen molar-refractivity contribution in [3.8, 4) is 5.69 Å². The van der Waals surface area contributed by atoms with Crippen molar-refractivity contribution < 1.29 is 13.5 Å². The van der Waals surface area contributed by atoms with Gasteiger partial charge in [-0.25, -0.2) is 8.42 Å². The molecule has 1 atom stereocenters. The van der Waals surface area contributed by atoms with Gasteiger partial charge in [-0.15, -0.1) is 0 Å². The third kappa shape index (κ3) is 3.34. The lowest BCUT2D eigenvalue weighted by atomic mass is 10.3. The van der Waals surface area contributed by atoms with Gasteiger partial charge in [0.2, 0.25) is 0 Å². The van der Waals surface area contributed by atoms with Crippen molar-refractivity contribution in [2.75, 3.05) is 11.6 Å². The van der Waals surface area contributed by atoms with Crippen molar-refractivity contribution in [3.05, 3.63) is 46.9 Å². The van der Waals surface area contributed by atoms with Gasteiger partial charge < -0.3 is 10.4 Å². The molecule has 0 bridgehead atoms. The second-order valence-electron chi connectivity index (χ2n) is 4.78. The maximum atomic E-state index is 12.6. The Morgan fingerprint density at radius 1 is 1.32 bits per heavy atom. The van der Waals surface area contributed by atoms with E-state index in [0.29, 0.717) is 12.1 Å². The Kier molecular flexibility index (Phi) is 4.62. The fourth-order valence-electron chi connectivity index (χ4n) is 1.87. The number of aliphatic hydroxyl groups is 1. The number of para-hydroxylation sites is 1. The molecule has 1 heterocycles. The van der Waals surface area contributed by atoms with Crippen molar-refractivity contribution in [1.82, 2.24) is 9.78 Å². The number of hydrogen-bond acceptors (Lipinski definition) is 6. The lowest BCUT2D eigenvalue weighted by Crippen LogP contribution is -2.30. The molecule has 2 rings (SSSR count). The topological polar surface area (TPSA) is 101 Å². The van der Waals surface area contributed by atoms with Crippen LogP contribution in [0.1, 0.15) is 13.3 Å². The summed E-state index contributed by atoms with van der Waals surface area (Å²) < 4.78 is 24.7. The molecule has 22 heavy (non-hydrogen) atoms. The first-order valence-corrected chi connectivity index (χ1v) is 8.56. The van der Waals surface area contributed by atoms with Crippen LogP contribution in [0, 0.1) is 0 Å². The fourth-order valence-corrected chi connectivity index (χ4v) is 2.63. The standard InChI is InChI=1S/C14H17N3O4S/c1-3-12(18)16-13-11(22(2,20)21)9-15-17(14(13)19)10-7-5-4-6-8-10/h4-9,12,16,18H,3H2,1-2H3. The summed E-state index contributed by atoms with van der Waals surface area (Å²) in [7, 11) is -3.66. The highest BCUT2D eigenvalue weighted by Gasteiger charge is 2.21. The van der Waals surface area contributed by atoms with Crippen LogP contribution in [0.4, 0.5) is 5.69 Å². The van der Waals surface area contributed by atoms with Crippen LogP contribution in [0.2, 0.25) is 0 Å². The maximum Gasteiger partial charge on any atom is 0.296 e. The molecule has 0 aliphatic rings. The molecule has 2 aromatic rings. The highest BCUT2D eigenvalue weighted by atomic mass is 32.2. The van der Waals surface area contributed by atoms with Crippen LogP contribution in [-0.4, -0.2) is 35.8 Å². The molecule has 1 aromatic heterocycles. The van der Waals surface area contributed by atoms with Crippen LogP contribution < -0.4 is 10.9 Å².